The van der Waals surface area contributed by atoms with E-state index in [-0.39, 0.29) is 36.2 Å². The minimum Gasteiger partial charge on any atom is -0.399 e. The topological polar surface area (TPSA) is 52.0 Å². The molecule has 10 heteroatoms. The first-order valence-corrected chi connectivity index (χ1v) is 6.35. The molecule has 0 unspecified atom stereocenters. The highest BCUT2D eigenvalue weighted by Crippen LogP contribution is 2.56. The zero-order chi connectivity index (χ0) is 17.5. The number of nitrogen functional groups attached to an aromatic ring is 2. The lowest BCUT2D eigenvalue weighted by Crippen LogP contribution is -2.54. The van der Waals surface area contributed by atoms with Gasteiger partial charge in [0.05, 0.1) is 0 Å². The van der Waals surface area contributed by atoms with Gasteiger partial charge in [-0.3, -0.25) is 0 Å². The number of halogens is 8. The summed E-state index contributed by atoms with van der Waals surface area (Å²) in [4.78, 5) is 0. The van der Waals surface area contributed by atoms with Crippen LogP contribution in [0.5, 0.6) is 0 Å². The summed E-state index contributed by atoms with van der Waals surface area (Å²) < 4.78 is 82.2. The van der Waals surface area contributed by atoms with Crippen LogP contribution in [0.15, 0.2) is 48.5 Å². The van der Waals surface area contributed by atoms with Gasteiger partial charge in [-0.05, 0) is 35.4 Å². The molecule has 0 atom stereocenters. The van der Waals surface area contributed by atoms with Gasteiger partial charge < -0.3 is 11.5 Å². The third-order valence-corrected chi connectivity index (χ3v) is 3.49. The smallest absolute Gasteiger partial charge is 0.399 e. The monoisotopic (exact) mass is 406 g/mol. The number of hydrogen-bond donors (Lipinski definition) is 2. The molecule has 0 aliphatic heterocycles. The van der Waals surface area contributed by atoms with E-state index in [1.807, 2.05) is 0 Å². The first-order chi connectivity index (χ1) is 10.5. The van der Waals surface area contributed by atoms with Crippen LogP contribution in [-0.2, 0) is 5.41 Å². The van der Waals surface area contributed by atoms with Crippen molar-refractivity contribution in [2.45, 2.75) is 17.8 Å². The fourth-order valence-electron chi connectivity index (χ4n) is 2.53. The first kappa shape index (κ1) is 23.2. The molecule has 0 radical (unpaired) electrons. The van der Waals surface area contributed by atoms with Crippen LogP contribution in [0.25, 0.3) is 0 Å². The molecule has 4 N–H and O–H groups in total. The van der Waals surface area contributed by atoms with Crippen LogP contribution in [0.4, 0.5) is 37.7 Å². The van der Waals surface area contributed by atoms with Gasteiger partial charge in [0.25, 0.3) is 0 Å². The number of rotatable bonds is 2. The molecule has 0 spiro atoms. The van der Waals surface area contributed by atoms with Crippen molar-refractivity contribution >= 4 is 36.2 Å². The lowest BCUT2D eigenvalue weighted by molar-refractivity contribution is -0.288. The molecule has 0 aliphatic carbocycles. The zero-order valence-corrected chi connectivity index (χ0v) is 14.0. The van der Waals surface area contributed by atoms with Crippen LogP contribution in [0.2, 0.25) is 0 Å². The Kier molecular flexibility index (Phi) is 7.07. The Morgan fingerprint density at radius 1 is 0.600 bits per heavy atom. The molecule has 2 aromatic rings. The number of hydrogen-bond acceptors (Lipinski definition) is 2. The molecule has 0 amide bonds. The van der Waals surface area contributed by atoms with E-state index in [9.17, 15) is 26.3 Å². The summed E-state index contributed by atoms with van der Waals surface area (Å²) in [5.41, 5.74) is 4.13. The Morgan fingerprint density at radius 3 is 1.16 bits per heavy atom. The number of benzene rings is 2. The fourth-order valence-corrected chi connectivity index (χ4v) is 2.53. The summed E-state index contributed by atoms with van der Waals surface area (Å²) in [7, 11) is 0. The van der Waals surface area contributed by atoms with Crippen LogP contribution >= 0.6 is 24.8 Å². The normalized spacial score (nSPS) is 12.1. The van der Waals surface area contributed by atoms with Gasteiger partial charge in [-0.25, -0.2) is 0 Å². The van der Waals surface area contributed by atoms with Crippen molar-refractivity contribution in [3.8, 4) is 0 Å². The van der Waals surface area contributed by atoms with Gasteiger partial charge in [0.1, 0.15) is 0 Å². The maximum atomic E-state index is 13.7. The van der Waals surface area contributed by atoms with Gasteiger partial charge in [-0.2, -0.15) is 26.3 Å². The lowest BCUT2D eigenvalue weighted by Gasteiger charge is -2.38. The van der Waals surface area contributed by atoms with Crippen molar-refractivity contribution in [2.75, 3.05) is 11.5 Å². The quantitative estimate of drug-likeness (QED) is 0.538. The maximum absolute atomic E-state index is 13.7. The molecule has 2 nitrogen and oxygen atoms in total. The van der Waals surface area contributed by atoms with E-state index in [2.05, 4.69) is 0 Å². The van der Waals surface area contributed by atoms with Crippen molar-refractivity contribution in [3.63, 3.8) is 0 Å². The average molecular weight is 407 g/mol. The second-order valence-corrected chi connectivity index (χ2v) is 5.00. The van der Waals surface area contributed by atoms with Gasteiger partial charge in [-0.1, -0.05) is 24.3 Å². The van der Waals surface area contributed by atoms with Crippen molar-refractivity contribution < 1.29 is 26.3 Å². The van der Waals surface area contributed by atoms with E-state index in [4.69, 9.17) is 11.5 Å². The van der Waals surface area contributed by atoms with Crippen molar-refractivity contribution in [3.05, 3.63) is 59.7 Å². The Balaban J connectivity index is 0.00000288. The van der Waals surface area contributed by atoms with Crippen molar-refractivity contribution in [1.29, 1.82) is 0 Å². The summed E-state index contributed by atoms with van der Waals surface area (Å²) in [6.07, 6.45) is -11.3. The molecule has 0 heterocycles. The van der Waals surface area contributed by atoms with Crippen LogP contribution in [0.1, 0.15) is 11.1 Å². The molecule has 2 aromatic carbocycles. The molecule has 0 aromatic heterocycles. The third kappa shape index (κ3) is 3.90. The molecule has 2 rings (SSSR count). The van der Waals surface area contributed by atoms with Crippen LogP contribution in [0, 0.1) is 0 Å². The molecule has 0 saturated carbocycles. The summed E-state index contributed by atoms with van der Waals surface area (Å²) >= 11 is 0. The molecular weight excluding hydrogens is 393 g/mol. The Labute approximate surface area is 152 Å². The van der Waals surface area contributed by atoms with Crippen molar-refractivity contribution in [2.24, 2.45) is 0 Å². The van der Waals surface area contributed by atoms with Crippen LogP contribution < -0.4 is 11.5 Å². The predicted molar refractivity (Wildman–Crippen MR) is 89.1 cm³/mol. The Morgan fingerprint density at radius 2 is 0.920 bits per heavy atom. The third-order valence-electron chi connectivity index (χ3n) is 3.49. The average Bonchev–Trinajstić information content (AvgIpc) is 2.36. The van der Waals surface area contributed by atoms with E-state index < -0.39 is 28.9 Å². The minimum atomic E-state index is -5.65. The SMILES string of the molecule is Cl.Cl.Nc1cccc(C(c2cccc(N)c2)(C(F)(F)F)C(F)(F)F)c1. The maximum Gasteiger partial charge on any atom is 0.411 e. The second-order valence-electron chi connectivity index (χ2n) is 5.00. The highest BCUT2D eigenvalue weighted by atomic mass is 35.5. The molecule has 0 bridgehead atoms. The van der Waals surface area contributed by atoms with Gasteiger partial charge in [0.2, 0.25) is 5.41 Å². The second kappa shape index (κ2) is 7.61. The minimum absolute atomic E-state index is 0. The number of anilines is 2. The van der Waals surface area contributed by atoms with Crippen molar-refractivity contribution in [1.82, 2.24) is 0 Å². The number of nitrogens with two attached hydrogens (primary N) is 2. The summed E-state index contributed by atoms with van der Waals surface area (Å²) in [5, 5.41) is 0. The molecule has 0 fully saturated rings. The van der Waals surface area contributed by atoms with E-state index in [0.717, 1.165) is 24.3 Å². The van der Waals surface area contributed by atoms with Crippen LogP contribution in [-0.4, -0.2) is 12.4 Å². The molecular formula is C15H14Cl2F6N2. The standard InChI is InChI=1S/C15H12F6N2.2ClH/c16-14(17,18)13(15(19,20)21,9-3-1-5-11(22)7-9)10-4-2-6-12(23)8-10;;/h1-8H,22-23H2;2*1H. The van der Waals surface area contributed by atoms with E-state index in [0.29, 0.717) is 12.1 Å². The summed E-state index contributed by atoms with van der Waals surface area (Å²) in [6, 6.07) is 7.35. The molecule has 140 valence electrons. The summed E-state index contributed by atoms with van der Waals surface area (Å²) in [5.74, 6) is 0. The predicted octanol–water partition coefficient (Wildman–Crippen LogP) is 5.11. The lowest BCUT2D eigenvalue weighted by atomic mass is 9.72. The largest absolute Gasteiger partial charge is 0.411 e. The first-order valence-electron chi connectivity index (χ1n) is 6.35. The van der Waals surface area contributed by atoms with Crippen LogP contribution in [0.3, 0.4) is 0 Å². The van der Waals surface area contributed by atoms with Gasteiger partial charge >= 0.3 is 12.4 Å². The van der Waals surface area contributed by atoms with Gasteiger partial charge in [0.15, 0.2) is 0 Å². The summed E-state index contributed by atoms with van der Waals surface area (Å²) in [6.45, 7) is 0. The zero-order valence-electron chi connectivity index (χ0n) is 12.4. The highest BCUT2D eigenvalue weighted by molar-refractivity contribution is 5.85. The molecule has 25 heavy (non-hydrogen) atoms. The van der Waals surface area contributed by atoms with E-state index in [1.165, 1.54) is 12.1 Å². The highest BCUT2D eigenvalue weighted by Gasteiger charge is 2.72. The number of alkyl halides is 6. The fraction of sp³-hybridized carbons (Fsp3) is 0.200. The molecule has 0 aliphatic rings. The van der Waals surface area contributed by atoms with Gasteiger partial charge in [0, 0.05) is 11.4 Å². The Hall–Kier alpha value is -1.80. The van der Waals surface area contributed by atoms with E-state index in [1.54, 1.807) is 0 Å². The van der Waals surface area contributed by atoms with E-state index >= 15 is 0 Å². The molecule has 0 saturated heterocycles. The van der Waals surface area contributed by atoms with Gasteiger partial charge in [-0.15, -0.1) is 24.8 Å². The Bertz CT molecular complexity index is 654.